The molecule has 1 aromatic heterocycles. The van der Waals surface area contributed by atoms with Gasteiger partial charge in [0.1, 0.15) is 11.4 Å². The summed E-state index contributed by atoms with van der Waals surface area (Å²) in [6.07, 6.45) is 3.00. The molecule has 1 aromatic carbocycles. The van der Waals surface area contributed by atoms with Gasteiger partial charge in [-0.05, 0) is 60.1 Å². The van der Waals surface area contributed by atoms with Gasteiger partial charge in [0, 0.05) is 42.5 Å². The molecular weight excluding hydrogens is 446 g/mol. The fourth-order valence-electron chi connectivity index (χ4n) is 3.80. The number of ether oxygens (including phenoxy) is 2. The Hall–Kier alpha value is -3.88. The third kappa shape index (κ3) is 5.29. The molecule has 1 aliphatic rings. The number of rotatable bonds is 5. The van der Waals surface area contributed by atoms with Gasteiger partial charge in [-0.15, -0.1) is 0 Å². The van der Waals surface area contributed by atoms with Crippen molar-refractivity contribution in [1.29, 1.82) is 0 Å². The number of nitrogens with one attached hydrogen (secondary N) is 1. The number of allylic oxidation sites excluding steroid dienone is 1. The van der Waals surface area contributed by atoms with E-state index in [9.17, 15) is 9.59 Å². The van der Waals surface area contributed by atoms with Crippen LogP contribution in [-0.4, -0.2) is 58.6 Å². The van der Waals surface area contributed by atoms with Crippen LogP contribution in [0.3, 0.4) is 0 Å². The first-order valence-electron chi connectivity index (χ1n) is 11.4. The van der Waals surface area contributed by atoms with Crippen LogP contribution < -0.4 is 0 Å². The first kappa shape index (κ1) is 25.7. The SMILES string of the molecule is C=NN1C(N(C)C(=O)OC(C)(C)C)=CC(c2c[nH]c3c(C)cc(C)cc23)=N/C1=C(/C)C(=O)OCC. The molecule has 1 aliphatic heterocycles. The summed E-state index contributed by atoms with van der Waals surface area (Å²) in [5.41, 5.74) is 4.09. The summed E-state index contributed by atoms with van der Waals surface area (Å²) in [4.78, 5) is 35.0. The Kier molecular flexibility index (Phi) is 7.19. The van der Waals surface area contributed by atoms with Crippen LogP contribution >= 0.6 is 0 Å². The fourth-order valence-corrected chi connectivity index (χ4v) is 3.80. The number of H-pyrrole nitrogens is 1. The third-order valence-corrected chi connectivity index (χ3v) is 5.39. The first-order chi connectivity index (χ1) is 16.4. The molecule has 0 saturated carbocycles. The van der Waals surface area contributed by atoms with E-state index in [-0.39, 0.29) is 18.0 Å². The molecule has 0 aliphatic carbocycles. The molecule has 3 rings (SSSR count). The van der Waals surface area contributed by atoms with Gasteiger partial charge in [0.25, 0.3) is 0 Å². The average molecular weight is 480 g/mol. The molecule has 0 spiro atoms. The van der Waals surface area contributed by atoms with Gasteiger partial charge in [-0.1, -0.05) is 11.6 Å². The van der Waals surface area contributed by atoms with Crippen LogP contribution in [0.4, 0.5) is 4.79 Å². The molecule has 0 fully saturated rings. The number of aliphatic imine (C=N–C) groups is 1. The lowest BCUT2D eigenvalue weighted by molar-refractivity contribution is -0.138. The van der Waals surface area contributed by atoms with Crippen molar-refractivity contribution in [2.45, 2.75) is 54.1 Å². The van der Waals surface area contributed by atoms with E-state index in [0.29, 0.717) is 11.5 Å². The van der Waals surface area contributed by atoms with Crippen LogP contribution in [0, 0.1) is 13.8 Å². The van der Waals surface area contributed by atoms with Crippen LogP contribution in [0.15, 0.2) is 51.7 Å². The highest BCUT2D eigenvalue weighted by atomic mass is 16.6. The van der Waals surface area contributed by atoms with E-state index in [0.717, 1.165) is 27.6 Å². The number of nitrogens with zero attached hydrogens (tertiary/aromatic N) is 4. The van der Waals surface area contributed by atoms with E-state index in [1.807, 2.05) is 20.0 Å². The normalized spacial score (nSPS) is 15.4. The molecule has 9 heteroatoms. The molecule has 9 nitrogen and oxygen atoms in total. The maximum Gasteiger partial charge on any atom is 0.415 e. The number of carbonyl (C=O) groups excluding carboxylic acids is 2. The Bertz CT molecular complexity index is 1280. The second-order valence-corrected chi connectivity index (χ2v) is 9.37. The van der Waals surface area contributed by atoms with E-state index in [1.54, 1.807) is 47.7 Å². The standard InChI is InChI=1S/C26H33N5O4/c1-10-34-24(32)17(4)23-29-20(19-14-28-22-16(3)11-15(2)12-18(19)22)13-21(31(23)27-8)30(9)25(33)35-26(5,6)7/h11-14,28H,8,10H2,1-7,9H3/b23-17+. The third-order valence-electron chi connectivity index (χ3n) is 5.39. The summed E-state index contributed by atoms with van der Waals surface area (Å²) in [7, 11) is 1.57. The molecule has 0 atom stereocenters. The largest absolute Gasteiger partial charge is 0.463 e. The molecule has 0 saturated heterocycles. The minimum atomic E-state index is -0.699. The monoisotopic (exact) mass is 479 g/mol. The number of amides is 1. The number of hydrogen-bond acceptors (Lipinski definition) is 7. The highest BCUT2D eigenvalue weighted by Gasteiger charge is 2.32. The Morgan fingerprint density at radius 2 is 1.94 bits per heavy atom. The van der Waals surface area contributed by atoms with Gasteiger partial charge in [-0.25, -0.2) is 14.6 Å². The summed E-state index contributed by atoms with van der Waals surface area (Å²) in [5, 5.41) is 6.38. The van der Waals surface area contributed by atoms with Crippen molar-refractivity contribution in [1.82, 2.24) is 14.9 Å². The van der Waals surface area contributed by atoms with Crippen LogP contribution in [0.5, 0.6) is 0 Å². The number of esters is 1. The predicted octanol–water partition coefficient (Wildman–Crippen LogP) is 5.01. The lowest BCUT2D eigenvalue weighted by atomic mass is 10.0. The number of aromatic nitrogens is 1. The zero-order valence-corrected chi connectivity index (χ0v) is 21.6. The number of carbonyl (C=O) groups is 2. The fraction of sp³-hybridized carbons (Fsp3) is 0.385. The number of benzene rings is 1. The lowest BCUT2D eigenvalue weighted by Gasteiger charge is -2.33. The molecule has 1 amide bonds. The second-order valence-electron chi connectivity index (χ2n) is 9.37. The van der Waals surface area contributed by atoms with Crippen molar-refractivity contribution in [3.8, 4) is 0 Å². The number of hydrogen-bond donors (Lipinski definition) is 1. The number of fused-ring (bicyclic) bond motifs is 1. The van der Waals surface area contributed by atoms with E-state index in [4.69, 9.17) is 14.5 Å². The van der Waals surface area contributed by atoms with Crippen LogP contribution in [0.2, 0.25) is 0 Å². The smallest absolute Gasteiger partial charge is 0.415 e. The van der Waals surface area contributed by atoms with Gasteiger partial charge in [0.2, 0.25) is 0 Å². The van der Waals surface area contributed by atoms with E-state index in [1.165, 1.54) is 9.91 Å². The van der Waals surface area contributed by atoms with Crippen LogP contribution in [0.25, 0.3) is 10.9 Å². The van der Waals surface area contributed by atoms with Gasteiger partial charge in [0.15, 0.2) is 5.82 Å². The van der Waals surface area contributed by atoms with Gasteiger partial charge >= 0.3 is 12.1 Å². The van der Waals surface area contributed by atoms with Crippen LogP contribution in [0.1, 0.15) is 51.3 Å². The Morgan fingerprint density at radius 3 is 2.54 bits per heavy atom. The highest BCUT2D eigenvalue weighted by Crippen LogP contribution is 2.31. The maximum absolute atomic E-state index is 12.9. The second kappa shape index (κ2) is 9.77. The summed E-state index contributed by atoms with van der Waals surface area (Å²) in [6.45, 7) is 16.6. The topological polar surface area (TPSA) is 99.6 Å². The maximum atomic E-state index is 12.9. The summed E-state index contributed by atoms with van der Waals surface area (Å²) < 4.78 is 10.8. The molecule has 0 radical (unpaired) electrons. The molecule has 1 N–H and O–H groups in total. The number of aromatic amines is 1. The van der Waals surface area contributed by atoms with Crippen molar-refractivity contribution in [2.75, 3.05) is 13.7 Å². The highest BCUT2D eigenvalue weighted by molar-refractivity contribution is 6.18. The van der Waals surface area contributed by atoms with E-state index < -0.39 is 17.7 Å². The Morgan fingerprint density at radius 1 is 1.26 bits per heavy atom. The van der Waals surface area contributed by atoms with Crippen molar-refractivity contribution in [3.05, 3.63) is 58.3 Å². The van der Waals surface area contributed by atoms with Crippen molar-refractivity contribution in [2.24, 2.45) is 10.1 Å². The minimum absolute atomic E-state index is 0.208. The minimum Gasteiger partial charge on any atom is -0.463 e. The predicted molar refractivity (Wildman–Crippen MR) is 137 cm³/mol. The van der Waals surface area contributed by atoms with E-state index in [2.05, 4.69) is 28.9 Å². The first-order valence-corrected chi connectivity index (χ1v) is 11.4. The summed E-state index contributed by atoms with van der Waals surface area (Å²) in [5.74, 6) is 0.00254. The quantitative estimate of drug-likeness (QED) is 0.369. The summed E-state index contributed by atoms with van der Waals surface area (Å²) >= 11 is 0. The van der Waals surface area contributed by atoms with Crippen molar-refractivity contribution < 1.29 is 19.1 Å². The number of hydrazone groups is 1. The molecule has 186 valence electrons. The lowest BCUT2D eigenvalue weighted by Crippen LogP contribution is -2.40. The summed E-state index contributed by atoms with van der Waals surface area (Å²) in [6, 6.07) is 4.17. The Balaban J connectivity index is 2.24. The van der Waals surface area contributed by atoms with Gasteiger partial charge in [-0.2, -0.15) is 10.1 Å². The van der Waals surface area contributed by atoms with Crippen LogP contribution in [-0.2, 0) is 14.3 Å². The van der Waals surface area contributed by atoms with E-state index >= 15 is 0 Å². The molecule has 2 heterocycles. The van der Waals surface area contributed by atoms with Gasteiger partial charge < -0.3 is 14.5 Å². The molecule has 35 heavy (non-hydrogen) atoms. The molecule has 0 bridgehead atoms. The number of aryl methyl sites for hydroxylation is 2. The average Bonchev–Trinajstić information content (AvgIpc) is 3.20. The Labute approximate surface area is 205 Å². The molecule has 0 unspecified atom stereocenters. The zero-order valence-electron chi connectivity index (χ0n) is 21.6. The van der Waals surface area contributed by atoms with Gasteiger partial charge in [-0.3, -0.25) is 4.90 Å². The van der Waals surface area contributed by atoms with Crippen molar-refractivity contribution >= 4 is 35.4 Å². The molecular formula is C26H33N5O4. The van der Waals surface area contributed by atoms with Crippen molar-refractivity contribution in [3.63, 3.8) is 0 Å². The molecule has 2 aromatic rings. The zero-order chi connectivity index (χ0) is 26.1. The van der Waals surface area contributed by atoms with Gasteiger partial charge in [0.05, 0.1) is 17.9 Å².